The molecule has 2 heterocycles. The average Bonchev–Trinajstić information content (AvgIpc) is 2.65. The number of nitriles is 1. The Kier molecular flexibility index (Phi) is 7.06. The minimum Gasteiger partial charge on any atom is -0.444 e. The summed E-state index contributed by atoms with van der Waals surface area (Å²) in [4.78, 5) is 27.5. The van der Waals surface area contributed by atoms with Gasteiger partial charge >= 0.3 is 6.09 Å². The van der Waals surface area contributed by atoms with Gasteiger partial charge in [0, 0.05) is 12.5 Å². The molecule has 3 aliphatic rings. The van der Waals surface area contributed by atoms with Gasteiger partial charge in [0.2, 0.25) is 5.91 Å². The second-order valence-electron chi connectivity index (χ2n) is 8.48. The number of allylic oxidation sites excluding steroid dienone is 3. The maximum atomic E-state index is 13.1. The maximum absolute atomic E-state index is 13.1. The summed E-state index contributed by atoms with van der Waals surface area (Å²) in [5, 5.41) is 12.3. The Labute approximate surface area is 167 Å². The lowest BCUT2D eigenvalue weighted by atomic mass is 9.74. The SMILES string of the molecule is C=C/C=C(\C=C)C[C@@H](C#N)NC(=O)[C@@H]1C2CCC(CC2)N1C(=O)OC(C)(C)C. The van der Waals surface area contributed by atoms with Crippen LogP contribution >= 0.6 is 0 Å². The number of carbonyl (C=O) groups is 2. The predicted molar refractivity (Wildman–Crippen MR) is 108 cm³/mol. The van der Waals surface area contributed by atoms with Gasteiger partial charge in [0.25, 0.3) is 0 Å². The van der Waals surface area contributed by atoms with Crippen molar-refractivity contribution in [2.45, 2.75) is 76.6 Å². The number of piperidine rings is 2. The first-order valence-corrected chi connectivity index (χ1v) is 9.85. The van der Waals surface area contributed by atoms with Gasteiger partial charge in [-0.05, 0) is 57.9 Å². The monoisotopic (exact) mass is 385 g/mol. The number of hydrogen-bond acceptors (Lipinski definition) is 4. The van der Waals surface area contributed by atoms with Crippen molar-refractivity contribution in [2.24, 2.45) is 5.92 Å². The van der Waals surface area contributed by atoms with Gasteiger partial charge in [-0.2, -0.15) is 5.26 Å². The van der Waals surface area contributed by atoms with Crippen LogP contribution in [-0.2, 0) is 9.53 Å². The van der Waals surface area contributed by atoms with Gasteiger partial charge in [-0.1, -0.05) is 31.4 Å². The molecule has 0 radical (unpaired) electrons. The van der Waals surface area contributed by atoms with E-state index in [0.717, 1.165) is 31.3 Å². The molecular formula is C22H31N3O3. The molecule has 0 unspecified atom stereocenters. The van der Waals surface area contributed by atoms with Gasteiger partial charge in [0.15, 0.2) is 0 Å². The number of ether oxygens (including phenoxy) is 1. The number of nitrogens with one attached hydrogen (secondary N) is 1. The Morgan fingerprint density at radius 1 is 1.29 bits per heavy atom. The molecular weight excluding hydrogens is 354 g/mol. The van der Waals surface area contributed by atoms with Crippen molar-refractivity contribution in [3.8, 4) is 6.07 Å². The highest BCUT2D eigenvalue weighted by atomic mass is 16.6. The van der Waals surface area contributed by atoms with Crippen LogP contribution in [0.25, 0.3) is 0 Å². The van der Waals surface area contributed by atoms with Crippen LogP contribution < -0.4 is 5.32 Å². The molecule has 2 bridgehead atoms. The van der Waals surface area contributed by atoms with Gasteiger partial charge < -0.3 is 10.1 Å². The van der Waals surface area contributed by atoms with Crippen molar-refractivity contribution in [3.05, 3.63) is 37.0 Å². The summed E-state index contributed by atoms with van der Waals surface area (Å²) in [6.07, 6.45) is 8.51. The van der Waals surface area contributed by atoms with Crippen molar-refractivity contribution < 1.29 is 14.3 Å². The molecule has 2 atom stereocenters. The van der Waals surface area contributed by atoms with Crippen molar-refractivity contribution in [1.29, 1.82) is 5.26 Å². The molecule has 28 heavy (non-hydrogen) atoms. The Balaban J connectivity index is 2.17. The van der Waals surface area contributed by atoms with E-state index >= 15 is 0 Å². The Hall–Kier alpha value is -2.55. The fraction of sp³-hybridized carbons (Fsp3) is 0.591. The van der Waals surface area contributed by atoms with E-state index in [9.17, 15) is 14.9 Å². The van der Waals surface area contributed by atoms with Crippen molar-refractivity contribution in [3.63, 3.8) is 0 Å². The summed E-state index contributed by atoms with van der Waals surface area (Å²) in [5.74, 6) is -0.187. The molecule has 2 saturated heterocycles. The predicted octanol–water partition coefficient (Wildman–Crippen LogP) is 3.86. The zero-order chi connectivity index (χ0) is 20.9. The van der Waals surface area contributed by atoms with Crippen LogP contribution in [0.1, 0.15) is 52.9 Å². The molecule has 3 fully saturated rings. The molecule has 0 aromatic carbocycles. The van der Waals surface area contributed by atoms with Crippen LogP contribution in [0, 0.1) is 17.2 Å². The van der Waals surface area contributed by atoms with Gasteiger partial charge in [0.1, 0.15) is 17.7 Å². The minimum atomic E-state index is -0.697. The van der Waals surface area contributed by atoms with Crippen LogP contribution in [0.3, 0.4) is 0 Å². The zero-order valence-electron chi connectivity index (χ0n) is 17.1. The number of fused-ring (bicyclic) bond motifs is 3. The highest BCUT2D eigenvalue weighted by molar-refractivity contribution is 5.87. The van der Waals surface area contributed by atoms with E-state index in [1.807, 2.05) is 20.8 Å². The Morgan fingerprint density at radius 2 is 1.93 bits per heavy atom. The number of carbonyl (C=O) groups excluding carboxylic acids is 2. The summed E-state index contributed by atoms with van der Waals surface area (Å²) >= 11 is 0. The van der Waals surface area contributed by atoms with Gasteiger partial charge in [-0.15, -0.1) is 0 Å². The number of amides is 2. The third-order valence-corrected chi connectivity index (χ3v) is 5.26. The van der Waals surface area contributed by atoms with Crippen molar-refractivity contribution >= 4 is 12.0 Å². The van der Waals surface area contributed by atoms with Crippen molar-refractivity contribution in [2.75, 3.05) is 0 Å². The average molecular weight is 386 g/mol. The zero-order valence-corrected chi connectivity index (χ0v) is 17.1. The summed E-state index contributed by atoms with van der Waals surface area (Å²) in [5.41, 5.74) is 0.189. The first kappa shape index (κ1) is 21.7. The van der Waals surface area contributed by atoms with E-state index in [2.05, 4.69) is 24.5 Å². The van der Waals surface area contributed by atoms with E-state index in [1.165, 1.54) is 0 Å². The van der Waals surface area contributed by atoms with E-state index in [1.54, 1.807) is 23.1 Å². The summed E-state index contributed by atoms with van der Waals surface area (Å²) in [6, 6.07) is 0.861. The molecule has 2 aliphatic heterocycles. The van der Waals surface area contributed by atoms with Crippen LogP contribution in [0.15, 0.2) is 37.0 Å². The fourth-order valence-corrected chi connectivity index (χ4v) is 4.06. The third-order valence-electron chi connectivity index (χ3n) is 5.26. The minimum absolute atomic E-state index is 0.0144. The highest BCUT2D eigenvalue weighted by Gasteiger charge is 2.49. The van der Waals surface area contributed by atoms with Crippen LogP contribution in [0.4, 0.5) is 4.79 Å². The highest BCUT2D eigenvalue weighted by Crippen LogP contribution is 2.40. The first-order valence-electron chi connectivity index (χ1n) is 9.85. The first-order chi connectivity index (χ1) is 13.2. The number of hydrogen-bond donors (Lipinski definition) is 1. The normalized spacial score (nSPS) is 25.4. The molecule has 6 nitrogen and oxygen atoms in total. The Morgan fingerprint density at radius 3 is 2.43 bits per heavy atom. The summed E-state index contributed by atoms with van der Waals surface area (Å²) in [6.45, 7) is 12.8. The van der Waals surface area contributed by atoms with Crippen LogP contribution in [0.2, 0.25) is 0 Å². The fourth-order valence-electron chi connectivity index (χ4n) is 4.06. The molecule has 0 aromatic heterocycles. The smallest absolute Gasteiger partial charge is 0.411 e. The summed E-state index contributed by atoms with van der Waals surface area (Å²) in [7, 11) is 0. The Bertz CT molecular complexity index is 691. The molecule has 152 valence electrons. The van der Waals surface area contributed by atoms with Crippen LogP contribution in [-0.4, -0.2) is 40.6 Å². The van der Waals surface area contributed by atoms with Gasteiger partial charge in [-0.25, -0.2) is 4.79 Å². The topological polar surface area (TPSA) is 82.4 Å². The molecule has 2 amide bonds. The summed E-state index contributed by atoms with van der Waals surface area (Å²) < 4.78 is 5.56. The quantitative estimate of drug-likeness (QED) is 0.704. The second-order valence-corrected chi connectivity index (χ2v) is 8.48. The van der Waals surface area contributed by atoms with E-state index in [0.29, 0.717) is 6.42 Å². The molecule has 1 aliphatic carbocycles. The van der Waals surface area contributed by atoms with E-state index < -0.39 is 23.8 Å². The third kappa shape index (κ3) is 5.25. The lowest BCUT2D eigenvalue weighted by Gasteiger charge is -2.50. The number of rotatable bonds is 6. The molecule has 1 saturated carbocycles. The number of nitrogens with zero attached hydrogens (tertiary/aromatic N) is 2. The molecule has 0 spiro atoms. The lowest BCUT2D eigenvalue weighted by Crippen LogP contribution is -2.64. The second kappa shape index (κ2) is 9.09. The van der Waals surface area contributed by atoms with Crippen molar-refractivity contribution in [1.82, 2.24) is 10.2 Å². The molecule has 1 N–H and O–H groups in total. The standard InChI is InChI=1S/C22H31N3O3/c1-6-8-15(7-2)13-17(14-23)24-20(26)19-16-9-11-18(12-10-16)25(19)21(27)28-22(3,4)5/h6-8,16-19H,1-2,9-13H2,3-5H3,(H,24,26)/b15-8+/t16?,17-,18?,19-/m0/s1. The van der Waals surface area contributed by atoms with E-state index in [4.69, 9.17) is 4.74 Å². The molecule has 3 rings (SSSR count). The van der Waals surface area contributed by atoms with Gasteiger partial charge in [0.05, 0.1) is 6.07 Å². The largest absolute Gasteiger partial charge is 0.444 e. The van der Waals surface area contributed by atoms with Gasteiger partial charge in [-0.3, -0.25) is 9.69 Å². The molecule has 0 aromatic rings. The lowest BCUT2D eigenvalue weighted by molar-refractivity contribution is -0.135. The van der Waals surface area contributed by atoms with Crippen LogP contribution in [0.5, 0.6) is 0 Å². The maximum Gasteiger partial charge on any atom is 0.411 e. The van der Waals surface area contributed by atoms with E-state index in [-0.39, 0.29) is 17.9 Å². The molecule has 6 heteroatoms.